The highest BCUT2D eigenvalue weighted by atomic mass is 79.9. The monoisotopic (exact) mass is 371 g/mol. The van der Waals surface area contributed by atoms with E-state index in [1.807, 2.05) is 12.1 Å². The van der Waals surface area contributed by atoms with Crippen molar-refractivity contribution >= 4 is 21.9 Å². The van der Waals surface area contributed by atoms with Crippen LogP contribution in [0.4, 0.5) is 0 Å². The van der Waals surface area contributed by atoms with Gasteiger partial charge in [-0.25, -0.2) is 4.99 Å². The van der Waals surface area contributed by atoms with Crippen LogP contribution in [0.2, 0.25) is 0 Å². The number of benzene rings is 1. The zero-order valence-electron chi connectivity index (χ0n) is 13.4. The lowest BCUT2D eigenvalue weighted by atomic mass is 10.2. The largest absolute Gasteiger partial charge is 0.382 e. The summed E-state index contributed by atoms with van der Waals surface area (Å²) in [7, 11) is 1.68. The van der Waals surface area contributed by atoms with Gasteiger partial charge >= 0.3 is 0 Å². The number of nitrogens with one attached hydrogen (secondary N) is 2. The molecule has 1 aromatic rings. The van der Waals surface area contributed by atoms with Crippen LogP contribution in [0, 0.1) is 0 Å². The van der Waals surface area contributed by atoms with Crippen molar-refractivity contribution in [2.75, 3.05) is 40.0 Å². The second-order valence-electron chi connectivity index (χ2n) is 4.71. The molecule has 0 saturated carbocycles. The molecule has 5 nitrogen and oxygen atoms in total. The number of hydrogen-bond acceptors (Lipinski definition) is 3. The van der Waals surface area contributed by atoms with E-state index in [1.165, 1.54) is 5.56 Å². The summed E-state index contributed by atoms with van der Waals surface area (Å²) >= 11 is 3.47. The van der Waals surface area contributed by atoms with Crippen LogP contribution in [-0.2, 0) is 16.0 Å². The highest BCUT2D eigenvalue weighted by molar-refractivity contribution is 9.10. The molecule has 0 spiro atoms. The fraction of sp³-hybridized carbons (Fsp3) is 0.562. The summed E-state index contributed by atoms with van der Waals surface area (Å²) in [6.45, 7) is 6.40. The van der Waals surface area contributed by atoms with E-state index < -0.39 is 0 Å². The Morgan fingerprint density at radius 1 is 1.23 bits per heavy atom. The number of aliphatic imine (C=N–C) groups is 1. The Balaban J connectivity index is 2.30. The topological polar surface area (TPSA) is 54.9 Å². The Bertz CT molecular complexity index is 441. The molecule has 0 aliphatic carbocycles. The first-order chi connectivity index (χ1) is 10.8. The molecule has 6 heteroatoms. The average molecular weight is 372 g/mol. The molecule has 0 radical (unpaired) electrons. The van der Waals surface area contributed by atoms with Crippen molar-refractivity contribution in [1.82, 2.24) is 10.6 Å². The number of hydrogen-bond donors (Lipinski definition) is 2. The van der Waals surface area contributed by atoms with Crippen LogP contribution in [0.1, 0.15) is 18.9 Å². The molecule has 0 bridgehead atoms. The predicted octanol–water partition coefficient (Wildman–Crippen LogP) is 2.56. The van der Waals surface area contributed by atoms with E-state index >= 15 is 0 Å². The molecule has 0 aliphatic rings. The molecule has 0 saturated heterocycles. The van der Waals surface area contributed by atoms with E-state index in [-0.39, 0.29) is 0 Å². The van der Waals surface area contributed by atoms with Gasteiger partial charge in [-0.05, 0) is 31.0 Å². The molecule has 0 aromatic heterocycles. The van der Waals surface area contributed by atoms with Gasteiger partial charge in [0.05, 0.1) is 19.8 Å². The van der Waals surface area contributed by atoms with E-state index in [9.17, 15) is 0 Å². The summed E-state index contributed by atoms with van der Waals surface area (Å²) in [6.07, 6.45) is 0.936. The first-order valence-corrected chi connectivity index (χ1v) is 8.39. The van der Waals surface area contributed by atoms with Crippen LogP contribution in [0.15, 0.2) is 33.7 Å². The fourth-order valence-corrected chi connectivity index (χ4v) is 2.22. The van der Waals surface area contributed by atoms with Gasteiger partial charge in [-0.1, -0.05) is 28.1 Å². The van der Waals surface area contributed by atoms with Crippen molar-refractivity contribution in [3.05, 3.63) is 34.3 Å². The quantitative estimate of drug-likeness (QED) is 0.377. The Hall–Kier alpha value is -1.11. The number of ether oxygens (including phenoxy) is 2. The summed E-state index contributed by atoms with van der Waals surface area (Å²) < 4.78 is 11.4. The van der Waals surface area contributed by atoms with Gasteiger partial charge in [-0.2, -0.15) is 0 Å². The third-order valence-electron chi connectivity index (χ3n) is 2.84. The smallest absolute Gasteiger partial charge is 0.191 e. The van der Waals surface area contributed by atoms with Crippen LogP contribution in [0.5, 0.6) is 0 Å². The number of nitrogens with zero attached hydrogens (tertiary/aromatic N) is 1. The predicted molar refractivity (Wildman–Crippen MR) is 94.3 cm³/mol. The van der Waals surface area contributed by atoms with Gasteiger partial charge in [0.2, 0.25) is 0 Å². The maximum atomic E-state index is 5.43. The van der Waals surface area contributed by atoms with E-state index in [2.05, 4.69) is 50.6 Å². The third-order valence-corrected chi connectivity index (χ3v) is 3.34. The molecular weight excluding hydrogens is 346 g/mol. The summed E-state index contributed by atoms with van der Waals surface area (Å²) in [5.74, 6) is 0.833. The van der Waals surface area contributed by atoms with E-state index in [0.29, 0.717) is 19.8 Å². The minimum atomic E-state index is 0.643. The van der Waals surface area contributed by atoms with Gasteiger partial charge in [0, 0.05) is 31.3 Å². The second kappa shape index (κ2) is 12.4. The summed E-state index contributed by atoms with van der Waals surface area (Å²) in [5, 5.41) is 6.56. The Morgan fingerprint density at radius 2 is 2.09 bits per heavy atom. The molecule has 2 N–H and O–H groups in total. The molecule has 0 fully saturated rings. The molecule has 0 aliphatic heterocycles. The minimum Gasteiger partial charge on any atom is -0.382 e. The van der Waals surface area contributed by atoms with E-state index in [4.69, 9.17) is 9.47 Å². The van der Waals surface area contributed by atoms with Crippen molar-refractivity contribution in [1.29, 1.82) is 0 Å². The SMILES string of the molecule is CCNC(=NCc1cccc(Br)c1)NCCCOCCOC. The fourth-order valence-electron chi connectivity index (χ4n) is 1.77. The standard InChI is InChI=1S/C16H26BrN3O2/c1-3-18-16(19-8-5-9-22-11-10-21-2)20-13-14-6-4-7-15(17)12-14/h4,6-7,12H,3,5,8-11,13H2,1-2H3,(H2,18,19,20). The molecule has 1 rings (SSSR count). The molecule has 1 aromatic carbocycles. The average Bonchev–Trinajstić information content (AvgIpc) is 2.51. The first kappa shape index (κ1) is 18.9. The zero-order valence-corrected chi connectivity index (χ0v) is 15.0. The Morgan fingerprint density at radius 3 is 2.82 bits per heavy atom. The molecule has 22 heavy (non-hydrogen) atoms. The highest BCUT2D eigenvalue weighted by Gasteiger charge is 1.98. The second-order valence-corrected chi connectivity index (χ2v) is 5.63. The van der Waals surface area contributed by atoms with Crippen LogP contribution >= 0.6 is 15.9 Å². The van der Waals surface area contributed by atoms with Crippen LogP contribution < -0.4 is 10.6 Å². The minimum absolute atomic E-state index is 0.643. The van der Waals surface area contributed by atoms with E-state index in [1.54, 1.807) is 7.11 Å². The Labute approximate surface area is 141 Å². The maximum Gasteiger partial charge on any atom is 0.191 e. The third kappa shape index (κ3) is 9.02. The number of rotatable bonds is 10. The normalized spacial score (nSPS) is 11.5. The van der Waals surface area contributed by atoms with E-state index in [0.717, 1.165) is 36.5 Å². The maximum absolute atomic E-state index is 5.43. The zero-order chi connectivity index (χ0) is 16.0. The van der Waals surface area contributed by atoms with Gasteiger partial charge in [0.25, 0.3) is 0 Å². The molecule has 0 heterocycles. The first-order valence-electron chi connectivity index (χ1n) is 7.59. The molecule has 0 unspecified atom stereocenters. The van der Waals surface area contributed by atoms with Crippen LogP contribution in [-0.4, -0.2) is 46.0 Å². The summed E-state index contributed by atoms with van der Waals surface area (Å²) in [5.41, 5.74) is 1.18. The summed E-state index contributed by atoms with van der Waals surface area (Å²) in [6, 6.07) is 8.19. The number of halogens is 1. The van der Waals surface area contributed by atoms with Gasteiger partial charge < -0.3 is 20.1 Å². The summed E-state index contributed by atoms with van der Waals surface area (Å²) in [4.78, 5) is 4.58. The lowest BCUT2D eigenvalue weighted by Gasteiger charge is -2.11. The molecular formula is C16H26BrN3O2. The molecule has 124 valence electrons. The number of guanidine groups is 1. The van der Waals surface area contributed by atoms with Crippen molar-refractivity contribution in [3.63, 3.8) is 0 Å². The van der Waals surface area contributed by atoms with Crippen molar-refractivity contribution in [2.24, 2.45) is 4.99 Å². The van der Waals surface area contributed by atoms with Crippen LogP contribution in [0.25, 0.3) is 0 Å². The molecule has 0 atom stereocenters. The lowest BCUT2D eigenvalue weighted by Crippen LogP contribution is -2.38. The van der Waals surface area contributed by atoms with Gasteiger partial charge in [0.1, 0.15) is 0 Å². The number of methoxy groups -OCH3 is 1. The molecule has 0 amide bonds. The van der Waals surface area contributed by atoms with Gasteiger partial charge in [-0.3, -0.25) is 0 Å². The highest BCUT2D eigenvalue weighted by Crippen LogP contribution is 2.12. The van der Waals surface area contributed by atoms with Crippen molar-refractivity contribution in [2.45, 2.75) is 19.9 Å². The van der Waals surface area contributed by atoms with Crippen LogP contribution in [0.3, 0.4) is 0 Å². The van der Waals surface area contributed by atoms with Gasteiger partial charge in [0.15, 0.2) is 5.96 Å². The van der Waals surface area contributed by atoms with Crippen molar-refractivity contribution < 1.29 is 9.47 Å². The van der Waals surface area contributed by atoms with Crippen molar-refractivity contribution in [3.8, 4) is 0 Å². The Kier molecular flexibility index (Phi) is 10.7. The lowest BCUT2D eigenvalue weighted by molar-refractivity contribution is 0.0698. The van der Waals surface area contributed by atoms with Gasteiger partial charge in [-0.15, -0.1) is 0 Å².